The molecule has 2 heterocycles. The Kier molecular flexibility index (Phi) is 5.30. The summed E-state index contributed by atoms with van der Waals surface area (Å²) in [5.74, 6) is 0. The minimum Gasteiger partial charge on any atom is -0.257 e. The van der Waals surface area contributed by atoms with E-state index >= 15 is 0 Å². The number of hydrogen-bond acceptors (Lipinski definition) is 1. The van der Waals surface area contributed by atoms with Gasteiger partial charge in [-0.2, -0.15) is 0 Å². The summed E-state index contributed by atoms with van der Waals surface area (Å²) in [5, 5.41) is 1.32. The van der Waals surface area contributed by atoms with Crippen LogP contribution in [0, 0.1) is 0 Å². The third-order valence-corrected chi connectivity index (χ3v) is 9.14. The number of rotatable bonds is 4. The van der Waals surface area contributed by atoms with Gasteiger partial charge < -0.3 is 0 Å². The normalized spacial score (nSPS) is 19.1. The largest absolute Gasteiger partial charge is 0.257 e. The van der Waals surface area contributed by atoms with Gasteiger partial charge in [-0.25, -0.2) is 0 Å². The molecule has 146 valence electrons. The molecule has 1 aliphatic heterocycles. The Balaban J connectivity index is 1.81. The molecular weight excluding hydrogens is 381 g/mol. The zero-order valence-electron chi connectivity index (χ0n) is 16.9. The first-order chi connectivity index (χ1) is 14.9. The quantitative estimate of drug-likeness (QED) is 0.348. The van der Waals surface area contributed by atoms with Gasteiger partial charge in [0, 0.05) is 6.20 Å². The van der Waals surface area contributed by atoms with Gasteiger partial charge in [0.15, 0.2) is 0 Å². The molecule has 0 amide bonds. The molecule has 1 atom stereocenters. The molecule has 0 N–H and O–H groups in total. The van der Waals surface area contributed by atoms with E-state index < -0.39 is 7.92 Å². The highest BCUT2D eigenvalue weighted by Gasteiger charge is 2.49. The van der Waals surface area contributed by atoms with Gasteiger partial charge in [0.05, 0.1) is 10.9 Å². The second-order valence-electron chi connectivity index (χ2n) is 7.60. The molecule has 5 rings (SSSR count). The molecule has 1 nitrogen and oxygen atoms in total. The Morgan fingerprint density at radius 2 is 1.23 bits per heavy atom. The summed E-state index contributed by atoms with van der Waals surface area (Å²) in [5.41, 5.74) is 5.26. The molecule has 0 spiro atoms. The van der Waals surface area contributed by atoms with Crippen molar-refractivity contribution in [3.63, 3.8) is 0 Å². The molecule has 1 saturated heterocycles. The fourth-order valence-electron chi connectivity index (χ4n) is 4.71. The number of allylic oxidation sites excluding steroid dienone is 1. The molecule has 1 unspecified atom stereocenters. The van der Waals surface area contributed by atoms with Crippen molar-refractivity contribution >= 4 is 19.3 Å². The van der Waals surface area contributed by atoms with Crippen LogP contribution in [0.2, 0.25) is 0 Å². The lowest BCUT2D eigenvalue weighted by Crippen LogP contribution is -2.28. The van der Waals surface area contributed by atoms with Crippen molar-refractivity contribution in [2.45, 2.75) is 11.6 Å². The Hall–Kier alpha value is -3.02. The first kappa shape index (κ1) is 19.0. The average Bonchev–Trinajstić information content (AvgIpc) is 3.21. The molecule has 0 saturated carbocycles. The summed E-state index contributed by atoms with van der Waals surface area (Å²) in [6, 6.07) is 39.4. The monoisotopic (exact) mass is 405 g/mol. The van der Waals surface area contributed by atoms with Crippen molar-refractivity contribution in [1.82, 2.24) is 4.98 Å². The standard InChI is InChI=1S/C28H24NP/c1-4-12-23(13-5-1)28(24-14-6-2-7-15-24)25(22-26-16-10-11-20-29-26)19-21-30(28)27-17-8-3-9-18-27/h1-18,20,22H,19,21H2. The van der Waals surface area contributed by atoms with Crippen molar-refractivity contribution in [2.75, 3.05) is 6.16 Å². The molecule has 4 aromatic rings. The van der Waals surface area contributed by atoms with Crippen LogP contribution in [0.25, 0.3) is 6.08 Å². The maximum atomic E-state index is 4.62. The van der Waals surface area contributed by atoms with E-state index in [1.165, 1.54) is 28.2 Å². The highest BCUT2D eigenvalue weighted by Crippen LogP contribution is 2.68. The van der Waals surface area contributed by atoms with Gasteiger partial charge in [0.2, 0.25) is 0 Å². The fraction of sp³-hybridized carbons (Fsp3) is 0.107. The zero-order chi connectivity index (χ0) is 20.2. The molecule has 1 fully saturated rings. The summed E-state index contributed by atoms with van der Waals surface area (Å²) < 4.78 is 0. The lowest BCUT2D eigenvalue weighted by molar-refractivity contribution is 0.859. The highest BCUT2D eigenvalue weighted by atomic mass is 31.1. The number of nitrogens with zero attached hydrogens (tertiary/aromatic N) is 1. The van der Waals surface area contributed by atoms with E-state index in [4.69, 9.17) is 0 Å². The van der Waals surface area contributed by atoms with E-state index in [2.05, 4.69) is 114 Å². The van der Waals surface area contributed by atoms with Crippen LogP contribution in [0.5, 0.6) is 0 Å². The number of hydrogen-bond donors (Lipinski definition) is 0. The van der Waals surface area contributed by atoms with Gasteiger partial charge in [0.25, 0.3) is 0 Å². The van der Waals surface area contributed by atoms with Crippen molar-refractivity contribution in [2.24, 2.45) is 0 Å². The molecule has 3 aromatic carbocycles. The minimum absolute atomic E-state index is 0.142. The van der Waals surface area contributed by atoms with E-state index in [1.54, 1.807) is 0 Å². The predicted molar refractivity (Wildman–Crippen MR) is 128 cm³/mol. The van der Waals surface area contributed by atoms with Crippen LogP contribution in [-0.2, 0) is 5.16 Å². The third kappa shape index (κ3) is 3.30. The Morgan fingerprint density at radius 3 is 1.80 bits per heavy atom. The summed E-state index contributed by atoms with van der Waals surface area (Å²) in [6.07, 6.45) is 6.49. The zero-order valence-corrected chi connectivity index (χ0v) is 17.8. The van der Waals surface area contributed by atoms with Gasteiger partial charge >= 0.3 is 0 Å². The molecule has 0 radical (unpaired) electrons. The molecule has 1 aromatic heterocycles. The van der Waals surface area contributed by atoms with Crippen LogP contribution >= 0.6 is 7.92 Å². The third-order valence-electron chi connectivity index (χ3n) is 5.94. The predicted octanol–water partition coefficient (Wildman–Crippen LogP) is 6.62. The van der Waals surface area contributed by atoms with Crippen LogP contribution in [0.1, 0.15) is 23.2 Å². The van der Waals surface area contributed by atoms with Crippen LogP contribution in [-0.4, -0.2) is 11.1 Å². The molecule has 0 bridgehead atoms. The number of benzene rings is 3. The van der Waals surface area contributed by atoms with Crippen molar-refractivity contribution in [1.29, 1.82) is 0 Å². The van der Waals surface area contributed by atoms with Crippen LogP contribution < -0.4 is 5.30 Å². The van der Waals surface area contributed by atoms with E-state index in [0.717, 1.165) is 12.1 Å². The number of pyridine rings is 1. The summed E-state index contributed by atoms with van der Waals surface area (Å²) in [6.45, 7) is 0. The highest BCUT2D eigenvalue weighted by molar-refractivity contribution is 7.67. The van der Waals surface area contributed by atoms with Gasteiger partial charge in [0.1, 0.15) is 0 Å². The molecule has 0 aliphatic carbocycles. The van der Waals surface area contributed by atoms with E-state index in [9.17, 15) is 0 Å². The van der Waals surface area contributed by atoms with Gasteiger partial charge in [-0.15, -0.1) is 0 Å². The smallest absolute Gasteiger partial charge is 0.0654 e. The van der Waals surface area contributed by atoms with Crippen LogP contribution in [0.3, 0.4) is 0 Å². The van der Waals surface area contributed by atoms with Gasteiger partial charge in [-0.05, 0) is 52.8 Å². The first-order valence-electron chi connectivity index (χ1n) is 10.4. The second-order valence-corrected chi connectivity index (χ2v) is 10.1. The molecule has 1 aliphatic rings. The van der Waals surface area contributed by atoms with Crippen LogP contribution in [0.15, 0.2) is 121 Å². The molecule has 2 heteroatoms. The molecule has 30 heavy (non-hydrogen) atoms. The lowest BCUT2D eigenvalue weighted by atomic mass is 9.82. The Morgan fingerprint density at radius 1 is 0.667 bits per heavy atom. The topological polar surface area (TPSA) is 12.9 Å². The maximum absolute atomic E-state index is 4.62. The summed E-state index contributed by atoms with van der Waals surface area (Å²) in [7, 11) is -0.472. The van der Waals surface area contributed by atoms with Gasteiger partial charge in [-0.3, -0.25) is 4.98 Å². The minimum atomic E-state index is -0.472. The Bertz CT molecular complexity index is 1080. The number of aromatic nitrogens is 1. The lowest BCUT2D eigenvalue weighted by Gasteiger charge is -2.39. The van der Waals surface area contributed by atoms with Crippen LogP contribution in [0.4, 0.5) is 0 Å². The summed E-state index contributed by atoms with van der Waals surface area (Å²) >= 11 is 0. The van der Waals surface area contributed by atoms with Crippen molar-refractivity contribution in [3.8, 4) is 0 Å². The average molecular weight is 405 g/mol. The first-order valence-corrected chi connectivity index (χ1v) is 12.0. The van der Waals surface area contributed by atoms with E-state index in [1.807, 2.05) is 12.3 Å². The Labute approximate surface area is 179 Å². The fourth-order valence-corrected chi connectivity index (χ4v) is 8.13. The SMILES string of the molecule is C(=C1CCP(c2ccccc2)C1(c1ccccc1)c1ccccc1)c1ccccn1. The van der Waals surface area contributed by atoms with E-state index in [-0.39, 0.29) is 5.16 Å². The summed E-state index contributed by atoms with van der Waals surface area (Å²) in [4.78, 5) is 4.62. The maximum Gasteiger partial charge on any atom is 0.0654 e. The van der Waals surface area contributed by atoms with Crippen molar-refractivity contribution in [3.05, 3.63) is 138 Å². The second kappa shape index (κ2) is 8.38. The van der Waals surface area contributed by atoms with Crippen molar-refractivity contribution < 1.29 is 0 Å². The molecular formula is C28H24NP. The van der Waals surface area contributed by atoms with Gasteiger partial charge in [-0.1, -0.05) is 105 Å². The van der Waals surface area contributed by atoms with E-state index in [0.29, 0.717) is 0 Å².